The molecule has 1 unspecified atom stereocenters. The van der Waals surface area contributed by atoms with E-state index in [2.05, 4.69) is 59.4 Å². The van der Waals surface area contributed by atoms with Crippen molar-refractivity contribution in [3.63, 3.8) is 0 Å². The van der Waals surface area contributed by atoms with Crippen molar-refractivity contribution < 1.29 is 0 Å². The lowest BCUT2D eigenvalue weighted by molar-refractivity contribution is 0.585. The summed E-state index contributed by atoms with van der Waals surface area (Å²) in [4.78, 5) is 0. The van der Waals surface area contributed by atoms with Gasteiger partial charge in [-0.1, -0.05) is 52.8 Å². The van der Waals surface area contributed by atoms with Crippen molar-refractivity contribution in [3.05, 3.63) is 47.5 Å². The topological polar surface area (TPSA) is 0 Å². The average Bonchev–Trinajstić information content (AvgIpc) is 2.27. The van der Waals surface area contributed by atoms with E-state index in [4.69, 9.17) is 0 Å². The summed E-state index contributed by atoms with van der Waals surface area (Å²) < 4.78 is 0. The van der Waals surface area contributed by atoms with E-state index in [1.165, 1.54) is 23.1 Å². The Hall–Kier alpha value is -1.04. The molecule has 1 rings (SSSR count). The van der Waals surface area contributed by atoms with E-state index in [1.807, 2.05) is 6.08 Å². The highest BCUT2D eigenvalue weighted by atomic mass is 14.2. The minimum Gasteiger partial charge on any atom is -0.103 e. The molecule has 0 nitrogen and oxygen atoms in total. The normalized spacial score (nSPS) is 13.5. The van der Waals surface area contributed by atoms with E-state index < -0.39 is 0 Å². The highest BCUT2D eigenvalue weighted by Gasteiger charge is 2.16. The van der Waals surface area contributed by atoms with Gasteiger partial charge >= 0.3 is 0 Å². The van der Waals surface area contributed by atoms with Crippen LogP contribution in [-0.2, 0) is 11.8 Å². The first-order valence-corrected chi connectivity index (χ1v) is 6.56. The summed E-state index contributed by atoms with van der Waals surface area (Å²) in [6, 6.07) is 8.14. The second kappa shape index (κ2) is 5.53. The fourth-order valence-corrected chi connectivity index (χ4v) is 1.84. The molecule has 0 aromatic heterocycles. The molecular formula is C17H25. The summed E-state index contributed by atoms with van der Waals surface area (Å²) in [5.41, 5.74) is 4.18. The summed E-state index contributed by atoms with van der Waals surface area (Å²) in [6.45, 7) is 15.1. The van der Waals surface area contributed by atoms with Crippen molar-refractivity contribution in [1.82, 2.24) is 0 Å². The van der Waals surface area contributed by atoms with Gasteiger partial charge in [-0.2, -0.15) is 0 Å². The molecule has 17 heavy (non-hydrogen) atoms. The Balaban J connectivity index is 3.23. The molecule has 0 saturated heterocycles. The zero-order valence-electron chi connectivity index (χ0n) is 11.9. The van der Waals surface area contributed by atoms with Crippen molar-refractivity contribution in [3.8, 4) is 0 Å². The minimum absolute atomic E-state index is 0.166. The molecule has 0 aliphatic carbocycles. The Labute approximate surface area is 107 Å². The molecule has 1 atom stereocenters. The average molecular weight is 229 g/mol. The van der Waals surface area contributed by atoms with Crippen LogP contribution in [0.2, 0.25) is 0 Å². The van der Waals surface area contributed by atoms with Crippen molar-refractivity contribution in [2.24, 2.45) is 0 Å². The molecule has 0 aliphatic heterocycles. The molecule has 1 aromatic rings. The number of rotatable bonds is 4. The molecule has 0 saturated carbocycles. The van der Waals surface area contributed by atoms with Crippen LogP contribution in [0.15, 0.2) is 24.8 Å². The van der Waals surface area contributed by atoms with E-state index in [-0.39, 0.29) is 5.41 Å². The molecule has 0 bridgehead atoms. The molecule has 0 N–H and O–H groups in total. The second-order valence-electron chi connectivity index (χ2n) is 5.90. The Kier molecular flexibility index (Phi) is 4.56. The van der Waals surface area contributed by atoms with Gasteiger partial charge < -0.3 is 0 Å². The van der Waals surface area contributed by atoms with Crippen LogP contribution in [0.4, 0.5) is 0 Å². The molecule has 0 heteroatoms. The molecule has 93 valence electrons. The maximum atomic E-state index is 3.82. The smallest absolute Gasteiger partial charge is 0.00938 e. The lowest BCUT2D eigenvalue weighted by Gasteiger charge is -2.22. The lowest BCUT2D eigenvalue weighted by atomic mass is 9.82. The zero-order chi connectivity index (χ0) is 13.1. The summed E-state index contributed by atoms with van der Waals surface area (Å²) in [5.74, 6) is 0.620. The van der Waals surface area contributed by atoms with Crippen LogP contribution in [0, 0.1) is 6.07 Å². The van der Waals surface area contributed by atoms with Crippen LogP contribution < -0.4 is 0 Å². The quantitative estimate of drug-likeness (QED) is 0.635. The monoisotopic (exact) mass is 229 g/mol. The second-order valence-corrected chi connectivity index (χ2v) is 5.90. The van der Waals surface area contributed by atoms with Gasteiger partial charge in [-0.05, 0) is 46.9 Å². The van der Waals surface area contributed by atoms with Crippen LogP contribution in [0.5, 0.6) is 0 Å². The van der Waals surface area contributed by atoms with Gasteiger partial charge in [-0.15, -0.1) is 6.58 Å². The highest BCUT2D eigenvalue weighted by Crippen LogP contribution is 2.28. The standard InChI is InChI=1S/C17H25/c1-7-9-14-10-15(13(3)8-2)12-16(11-14)17(4,5)6/h7,10,12-13H,1,8-9H2,2-6H3. The zero-order valence-corrected chi connectivity index (χ0v) is 11.9. The van der Waals surface area contributed by atoms with Gasteiger partial charge in [0.15, 0.2) is 0 Å². The molecular weight excluding hydrogens is 204 g/mol. The van der Waals surface area contributed by atoms with Crippen LogP contribution >= 0.6 is 0 Å². The van der Waals surface area contributed by atoms with Gasteiger partial charge in [0, 0.05) is 0 Å². The summed E-state index contributed by atoms with van der Waals surface area (Å²) >= 11 is 0. The van der Waals surface area contributed by atoms with Crippen molar-refractivity contribution in [2.45, 2.75) is 58.8 Å². The summed E-state index contributed by atoms with van der Waals surface area (Å²) in [6.07, 6.45) is 4.05. The first-order chi connectivity index (χ1) is 7.88. The van der Waals surface area contributed by atoms with Crippen LogP contribution in [0.25, 0.3) is 0 Å². The van der Waals surface area contributed by atoms with Gasteiger partial charge in [-0.25, -0.2) is 0 Å². The van der Waals surface area contributed by atoms with E-state index in [0.717, 1.165) is 6.42 Å². The molecule has 1 radical (unpaired) electrons. The Bertz CT molecular complexity index is 380. The SMILES string of the molecule is C=CCc1[c]c(C(C)(C)C)cc(C(C)CC)c1. The van der Waals surface area contributed by atoms with E-state index in [9.17, 15) is 0 Å². The first kappa shape index (κ1) is 14.0. The predicted molar refractivity (Wildman–Crippen MR) is 76.6 cm³/mol. The Morgan fingerprint density at radius 2 is 2.00 bits per heavy atom. The third-order valence-corrected chi connectivity index (χ3v) is 3.30. The van der Waals surface area contributed by atoms with E-state index >= 15 is 0 Å². The Morgan fingerprint density at radius 3 is 2.47 bits per heavy atom. The van der Waals surface area contributed by atoms with Crippen molar-refractivity contribution >= 4 is 0 Å². The number of hydrogen-bond donors (Lipinski definition) is 0. The van der Waals surface area contributed by atoms with Gasteiger partial charge in [0.2, 0.25) is 0 Å². The fraction of sp³-hybridized carbons (Fsp3) is 0.529. The number of benzene rings is 1. The molecule has 0 amide bonds. The summed E-state index contributed by atoms with van der Waals surface area (Å²) in [5, 5.41) is 0. The highest BCUT2D eigenvalue weighted by molar-refractivity contribution is 5.35. The van der Waals surface area contributed by atoms with E-state index in [0.29, 0.717) is 5.92 Å². The predicted octanol–water partition coefficient (Wildman–Crippen LogP) is 5.03. The minimum atomic E-state index is 0.166. The largest absolute Gasteiger partial charge is 0.103 e. The van der Waals surface area contributed by atoms with Gasteiger partial charge in [0.05, 0.1) is 0 Å². The van der Waals surface area contributed by atoms with Crippen LogP contribution in [0.3, 0.4) is 0 Å². The molecule has 0 aliphatic rings. The fourth-order valence-electron chi connectivity index (χ4n) is 1.84. The Morgan fingerprint density at radius 1 is 1.35 bits per heavy atom. The van der Waals surface area contributed by atoms with Gasteiger partial charge in [0.25, 0.3) is 0 Å². The van der Waals surface area contributed by atoms with Crippen molar-refractivity contribution in [2.75, 3.05) is 0 Å². The molecule has 1 aromatic carbocycles. The lowest BCUT2D eigenvalue weighted by Crippen LogP contribution is -2.13. The number of allylic oxidation sites excluding steroid dienone is 1. The summed E-state index contributed by atoms with van der Waals surface area (Å²) in [7, 11) is 0. The third-order valence-electron chi connectivity index (χ3n) is 3.30. The molecule has 0 spiro atoms. The van der Waals surface area contributed by atoms with E-state index in [1.54, 1.807) is 0 Å². The molecule has 0 fully saturated rings. The maximum Gasteiger partial charge on any atom is -0.00938 e. The number of hydrogen-bond acceptors (Lipinski definition) is 0. The molecule has 0 heterocycles. The first-order valence-electron chi connectivity index (χ1n) is 6.56. The maximum absolute atomic E-state index is 3.82. The van der Waals surface area contributed by atoms with Crippen LogP contribution in [0.1, 0.15) is 63.6 Å². The van der Waals surface area contributed by atoms with Crippen molar-refractivity contribution in [1.29, 1.82) is 0 Å². The van der Waals surface area contributed by atoms with Gasteiger partial charge in [0.1, 0.15) is 0 Å². The van der Waals surface area contributed by atoms with Gasteiger partial charge in [-0.3, -0.25) is 0 Å². The third kappa shape index (κ3) is 3.73. The van der Waals surface area contributed by atoms with Crippen LogP contribution in [-0.4, -0.2) is 0 Å².